The van der Waals surface area contributed by atoms with E-state index in [-0.39, 0.29) is 11.5 Å². The normalized spacial score (nSPS) is 10.7. The monoisotopic (exact) mass is 270 g/mol. The van der Waals surface area contributed by atoms with Crippen molar-refractivity contribution < 1.29 is 10.2 Å². The number of rotatable bonds is 6. The van der Waals surface area contributed by atoms with Gasteiger partial charge >= 0.3 is 0 Å². The Morgan fingerprint density at radius 1 is 0.800 bits per heavy atom. The van der Waals surface area contributed by atoms with Gasteiger partial charge < -0.3 is 10.2 Å². The van der Waals surface area contributed by atoms with Gasteiger partial charge in [0.2, 0.25) is 0 Å². The van der Waals surface area contributed by atoms with Crippen molar-refractivity contribution >= 4 is 0 Å². The lowest BCUT2D eigenvalue weighted by atomic mass is 9.94. The second-order valence-electron chi connectivity index (χ2n) is 5.13. The Balaban J connectivity index is 2.32. The molecule has 0 fully saturated rings. The van der Waals surface area contributed by atoms with Gasteiger partial charge in [-0.05, 0) is 30.5 Å². The van der Waals surface area contributed by atoms with Crippen LogP contribution in [0.25, 0.3) is 11.1 Å². The molecule has 2 rings (SSSR count). The van der Waals surface area contributed by atoms with Crippen molar-refractivity contribution in [3.8, 4) is 22.6 Å². The summed E-state index contributed by atoms with van der Waals surface area (Å²) in [4.78, 5) is 0. The van der Waals surface area contributed by atoms with Gasteiger partial charge in [0.25, 0.3) is 0 Å². The number of benzene rings is 2. The predicted molar refractivity (Wildman–Crippen MR) is 83.1 cm³/mol. The van der Waals surface area contributed by atoms with Crippen molar-refractivity contribution in [1.82, 2.24) is 0 Å². The molecule has 0 atom stereocenters. The van der Waals surface area contributed by atoms with Crippen LogP contribution >= 0.6 is 0 Å². The van der Waals surface area contributed by atoms with Crippen LogP contribution in [0.2, 0.25) is 0 Å². The maximum atomic E-state index is 10.2. The van der Waals surface area contributed by atoms with Crippen molar-refractivity contribution in [3.63, 3.8) is 0 Å². The van der Waals surface area contributed by atoms with Gasteiger partial charge in [0.05, 0.1) is 0 Å². The number of unbranched alkanes of at least 4 members (excludes halogenated alkanes) is 3. The summed E-state index contributed by atoms with van der Waals surface area (Å²) >= 11 is 0. The topological polar surface area (TPSA) is 40.5 Å². The summed E-state index contributed by atoms with van der Waals surface area (Å²) in [6.45, 7) is 2.18. The molecule has 2 heteroatoms. The highest BCUT2D eigenvalue weighted by Crippen LogP contribution is 2.38. The van der Waals surface area contributed by atoms with Crippen LogP contribution in [0.5, 0.6) is 11.5 Å². The molecule has 2 aromatic rings. The number of hydrogen-bond donors (Lipinski definition) is 2. The SMILES string of the molecule is CCCCCCc1c(O)ccc(O)c1-c1ccccc1. The second kappa shape index (κ2) is 6.99. The van der Waals surface area contributed by atoms with Crippen molar-refractivity contribution in [3.05, 3.63) is 48.0 Å². The van der Waals surface area contributed by atoms with E-state index in [9.17, 15) is 10.2 Å². The molecule has 0 aliphatic heterocycles. The van der Waals surface area contributed by atoms with E-state index in [0.29, 0.717) is 0 Å². The number of phenols is 2. The van der Waals surface area contributed by atoms with E-state index in [1.807, 2.05) is 30.3 Å². The Kier molecular flexibility index (Phi) is 5.05. The smallest absolute Gasteiger partial charge is 0.123 e. The molecular weight excluding hydrogens is 248 g/mol. The fraction of sp³-hybridized carbons (Fsp3) is 0.333. The van der Waals surface area contributed by atoms with Gasteiger partial charge in [0.15, 0.2) is 0 Å². The van der Waals surface area contributed by atoms with Crippen LogP contribution in [-0.4, -0.2) is 10.2 Å². The van der Waals surface area contributed by atoms with Crippen molar-refractivity contribution in [2.24, 2.45) is 0 Å². The van der Waals surface area contributed by atoms with Crippen LogP contribution in [0.1, 0.15) is 38.2 Å². The van der Waals surface area contributed by atoms with Crippen LogP contribution in [0.4, 0.5) is 0 Å². The molecule has 20 heavy (non-hydrogen) atoms. The summed E-state index contributed by atoms with van der Waals surface area (Å²) in [5, 5.41) is 20.3. The van der Waals surface area contributed by atoms with E-state index in [4.69, 9.17) is 0 Å². The van der Waals surface area contributed by atoms with E-state index in [1.165, 1.54) is 12.8 Å². The van der Waals surface area contributed by atoms with Gasteiger partial charge in [-0.25, -0.2) is 0 Å². The Labute approximate surface area is 120 Å². The minimum Gasteiger partial charge on any atom is -0.508 e. The average Bonchev–Trinajstić information content (AvgIpc) is 2.48. The molecule has 106 valence electrons. The molecule has 0 bridgehead atoms. The van der Waals surface area contributed by atoms with Crippen LogP contribution in [0.3, 0.4) is 0 Å². The molecule has 0 spiro atoms. The average molecular weight is 270 g/mol. The third-order valence-electron chi connectivity index (χ3n) is 3.61. The quantitative estimate of drug-likeness (QED) is 0.579. The molecule has 0 saturated heterocycles. The lowest BCUT2D eigenvalue weighted by molar-refractivity contribution is 0.454. The maximum Gasteiger partial charge on any atom is 0.123 e. The molecule has 2 N–H and O–H groups in total. The Morgan fingerprint density at radius 2 is 1.50 bits per heavy atom. The Morgan fingerprint density at radius 3 is 2.20 bits per heavy atom. The molecule has 0 unspecified atom stereocenters. The maximum absolute atomic E-state index is 10.2. The Hall–Kier alpha value is -1.96. The lowest BCUT2D eigenvalue weighted by Crippen LogP contribution is -1.93. The largest absolute Gasteiger partial charge is 0.508 e. The van der Waals surface area contributed by atoms with Crippen molar-refractivity contribution in [1.29, 1.82) is 0 Å². The van der Waals surface area contributed by atoms with Crippen LogP contribution < -0.4 is 0 Å². The zero-order valence-electron chi connectivity index (χ0n) is 12.0. The third-order valence-corrected chi connectivity index (χ3v) is 3.61. The molecule has 0 aromatic heterocycles. The molecule has 0 heterocycles. The Bertz CT molecular complexity index is 547. The first-order valence-electron chi connectivity index (χ1n) is 7.33. The van der Waals surface area contributed by atoms with Gasteiger partial charge in [0.1, 0.15) is 11.5 Å². The highest BCUT2D eigenvalue weighted by atomic mass is 16.3. The van der Waals surface area contributed by atoms with E-state index < -0.39 is 0 Å². The first-order chi connectivity index (χ1) is 9.74. The first-order valence-corrected chi connectivity index (χ1v) is 7.33. The second-order valence-corrected chi connectivity index (χ2v) is 5.13. The third kappa shape index (κ3) is 3.32. The molecule has 0 amide bonds. The summed E-state index contributed by atoms with van der Waals surface area (Å²) in [5.41, 5.74) is 2.57. The molecule has 0 radical (unpaired) electrons. The zero-order valence-corrected chi connectivity index (χ0v) is 12.0. The van der Waals surface area contributed by atoms with Crippen molar-refractivity contribution in [2.45, 2.75) is 39.0 Å². The van der Waals surface area contributed by atoms with E-state index in [2.05, 4.69) is 6.92 Å². The lowest BCUT2D eigenvalue weighted by Gasteiger charge is -2.13. The standard InChI is InChI=1S/C18H22O2/c1-2-3-4-8-11-15-16(19)12-13-17(20)18(15)14-9-6-5-7-10-14/h5-7,9-10,12-13,19-20H,2-4,8,11H2,1H3. The zero-order chi connectivity index (χ0) is 14.4. The summed E-state index contributed by atoms with van der Waals surface area (Å²) < 4.78 is 0. The minimum absolute atomic E-state index is 0.236. The highest BCUT2D eigenvalue weighted by Gasteiger charge is 2.14. The minimum atomic E-state index is 0.236. The summed E-state index contributed by atoms with van der Waals surface area (Å²) in [6, 6.07) is 12.9. The van der Waals surface area contributed by atoms with Gasteiger partial charge in [0, 0.05) is 11.1 Å². The van der Waals surface area contributed by atoms with E-state index in [1.54, 1.807) is 12.1 Å². The molecule has 0 aliphatic carbocycles. The summed E-state index contributed by atoms with van der Waals surface area (Å²) in [5.74, 6) is 0.512. The number of aromatic hydroxyl groups is 2. The number of phenolic OH excluding ortho intramolecular Hbond substituents is 2. The van der Waals surface area contributed by atoms with Crippen LogP contribution in [0.15, 0.2) is 42.5 Å². The van der Waals surface area contributed by atoms with E-state index >= 15 is 0 Å². The fourth-order valence-corrected chi connectivity index (χ4v) is 2.53. The molecule has 2 nitrogen and oxygen atoms in total. The van der Waals surface area contributed by atoms with Crippen molar-refractivity contribution in [2.75, 3.05) is 0 Å². The molecular formula is C18H22O2. The predicted octanol–water partition coefficient (Wildman–Crippen LogP) is 4.89. The molecule has 0 aliphatic rings. The first kappa shape index (κ1) is 14.4. The number of hydrogen-bond acceptors (Lipinski definition) is 2. The molecule has 0 saturated carbocycles. The van der Waals surface area contributed by atoms with Gasteiger partial charge in [-0.15, -0.1) is 0 Å². The summed E-state index contributed by atoms with van der Waals surface area (Å²) in [6.07, 6.45) is 5.38. The van der Waals surface area contributed by atoms with Crippen LogP contribution in [0, 0.1) is 0 Å². The van der Waals surface area contributed by atoms with E-state index in [0.717, 1.165) is 36.0 Å². The highest BCUT2D eigenvalue weighted by molar-refractivity contribution is 5.76. The fourth-order valence-electron chi connectivity index (χ4n) is 2.53. The van der Waals surface area contributed by atoms with Gasteiger partial charge in [-0.1, -0.05) is 56.5 Å². The summed E-state index contributed by atoms with van der Waals surface area (Å²) in [7, 11) is 0. The molecule has 2 aromatic carbocycles. The van der Waals surface area contributed by atoms with Crippen LogP contribution in [-0.2, 0) is 6.42 Å². The van der Waals surface area contributed by atoms with Gasteiger partial charge in [-0.3, -0.25) is 0 Å². The van der Waals surface area contributed by atoms with Gasteiger partial charge in [-0.2, -0.15) is 0 Å².